The second-order valence-electron chi connectivity index (χ2n) is 3.59. The Balaban J connectivity index is 2.58. The molecule has 2 rings (SSSR count). The van der Waals surface area contributed by atoms with Crippen LogP contribution in [-0.2, 0) is 6.42 Å². The van der Waals surface area contributed by atoms with Gasteiger partial charge in [0.05, 0.1) is 5.02 Å². The zero-order valence-electron chi connectivity index (χ0n) is 9.35. The van der Waals surface area contributed by atoms with Gasteiger partial charge in [0.25, 0.3) is 0 Å². The predicted octanol–water partition coefficient (Wildman–Crippen LogP) is 5.43. The summed E-state index contributed by atoms with van der Waals surface area (Å²) in [6.45, 7) is 1.95. The van der Waals surface area contributed by atoms with Gasteiger partial charge in [-0.05, 0) is 24.6 Å². The van der Waals surface area contributed by atoms with E-state index in [4.69, 9.17) is 34.8 Å². The molecule has 0 fully saturated rings. The minimum atomic E-state index is 0.367. The lowest BCUT2D eigenvalue weighted by Gasteiger charge is -2.08. The van der Waals surface area contributed by atoms with E-state index in [0.717, 1.165) is 10.0 Å². The highest BCUT2D eigenvalue weighted by atomic mass is 79.9. The van der Waals surface area contributed by atoms with E-state index in [1.54, 1.807) is 6.07 Å². The largest absolute Gasteiger partial charge is 0.216 e. The summed E-state index contributed by atoms with van der Waals surface area (Å²) in [5.41, 5.74) is 1.45. The third kappa shape index (κ3) is 2.80. The molecule has 0 amide bonds. The average Bonchev–Trinajstić information content (AvgIpc) is 2.28. The first-order valence-corrected chi connectivity index (χ1v) is 7.13. The molecule has 1 heterocycles. The van der Waals surface area contributed by atoms with Crippen molar-refractivity contribution in [2.24, 2.45) is 0 Å². The molecule has 0 aliphatic rings. The lowest BCUT2D eigenvalue weighted by molar-refractivity contribution is 1.05. The number of halogens is 4. The first-order chi connectivity index (χ1) is 8.52. The smallest absolute Gasteiger partial charge is 0.164 e. The lowest BCUT2D eigenvalue weighted by atomic mass is 10.2. The minimum Gasteiger partial charge on any atom is -0.216 e. The Morgan fingerprint density at radius 1 is 1.11 bits per heavy atom. The van der Waals surface area contributed by atoms with Gasteiger partial charge in [0.2, 0.25) is 0 Å². The summed E-state index contributed by atoms with van der Waals surface area (Å²) in [4.78, 5) is 8.47. The van der Waals surface area contributed by atoms with Crippen LogP contribution < -0.4 is 0 Å². The highest BCUT2D eigenvalue weighted by molar-refractivity contribution is 9.10. The Morgan fingerprint density at radius 3 is 2.22 bits per heavy atom. The Labute approximate surface area is 128 Å². The molecule has 0 atom stereocenters. The van der Waals surface area contributed by atoms with Gasteiger partial charge in [-0.25, -0.2) is 9.97 Å². The molecule has 0 spiro atoms. The van der Waals surface area contributed by atoms with E-state index < -0.39 is 0 Å². The van der Waals surface area contributed by atoms with Crippen LogP contribution in [0.15, 0.2) is 22.7 Å². The zero-order chi connectivity index (χ0) is 13.3. The summed E-state index contributed by atoms with van der Waals surface area (Å²) in [6, 6.07) is 5.45. The van der Waals surface area contributed by atoms with Crippen molar-refractivity contribution in [1.82, 2.24) is 9.97 Å². The molecular weight excluding hydrogens is 358 g/mol. The highest BCUT2D eigenvalue weighted by Gasteiger charge is 2.13. The summed E-state index contributed by atoms with van der Waals surface area (Å²) >= 11 is 21.7. The van der Waals surface area contributed by atoms with Crippen LogP contribution in [0.1, 0.15) is 12.5 Å². The second kappa shape index (κ2) is 5.74. The van der Waals surface area contributed by atoms with E-state index in [1.165, 1.54) is 0 Å². The molecule has 18 heavy (non-hydrogen) atoms. The van der Waals surface area contributed by atoms with Gasteiger partial charge >= 0.3 is 0 Å². The molecule has 6 heteroatoms. The first kappa shape index (κ1) is 14.1. The van der Waals surface area contributed by atoms with Crippen LogP contribution >= 0.6 is 50.7 Å². The molecule has 0 aliphatic heterocycles. The monoisotopic (exact) mass is 364 g/mol. The van der Waals surface area contributed by atoms with Gasteiger partial charge in [0, 0.05) is 15.6 Å². The Kier molecular flexibility index (Phi) is 4.49. The number of aromatic nitrogens is 2. The van der Waals surface area contributed by atoms with E-state index in [1.807, 2.05) is 19.1 Å². The molecule has 0 bridgehead atoms. The molecule has 1 aromatic heterocycles. The van der Waals surface area contributed by atoms with Crippen LogP contribution in [-0.4, -0.2) is 9.97 Å². The van der Waals surface area contributed by atoms with E-state index in [-0.39, 0.29) is 0 Å². The van der Waals surface area contributed by atoms with Crippen molar-refractivity contribution in [1.29, 1.82) is 0 Å². The normalized spacial score (nSPS) is 10.7. The third-order valence-electron chi connectivity index (χ3n) is 2.43. The number of hydrogen-bond donors (Lipinski definition) is 0. The molecule has 1 aromatic carbocycles. The lowest BCUT2D eigenvalue weighted by Crippen LogP contribution is -1.97. The van der Waals surface area contributed by atoms with Crippen molar-refractivity contribution >= 4 is 50.7 Å². The molecule has 0 unspecified atom stereocenters. The molecule has 0 saturated carbocycles. The molecule has 0 radical (unpaired) electrons. The average molecular weight is 366 g/mol. The van der Waals surface area contributed by atoms with Gasteiger partial charge in [-0.2, -0.15) is 0 Å². The molecule has 0 aliphatic carbocycles. The van der Waals surface area contributed by atoms with Gasteiger partial charge in [0.15, 0.2) is 5.82 Å². The van der Waals surface area contributed by atoms with E-state index in [0.29, 0.717) is 33.1 Å². The summed E-state index contributed by atoms with van der Waals surface area (Å²) in [7, 11) is 0. The van der Waals surface area contributed by atoms with Gasteiger partial charge in [0.1, 0.15) is 10.3 Å². The summed E-state index contributed by atoms with van der Waals surface area (Å²) in [6.07, 6.45) is 0.687. The maximum Gasteiger partial charge on any atom is 0.164 e. The van der Waals surface area contributed by atoms with Crippen molar-refractivity contribution in [2.75, 3.05) is 0 Å². The Bertz CT molecular complexity index is 579. The van der Waals surface area contributed by atoms with Crippen molar-refractivity contribution < 1.29 is 0 Å². The topological polar surface area (TPSA) is 25.8 Å². The van der Waals surface area contributed by atoms with Crippen LogP contribution in [0.25, 0.3) is 11.4 Å². The molecule has 94 valence electrons. The molecule has 0 N–H and O–H groups in total. The standard InChI is InChI=1S/C12H8BrCl3N2/c1-2-7-10(15)17-12(18-11(7)16)8-4-3-6(13)5-9(8)14/h3-5H,2H2,1H3. The van der Waals surface area contributed by atoms with Gasteiger partial charge in [-0.1, -0.05) is 57.7 Å². The van der Waals surface area contributed by atoms with Gasteiger partial charge in [-0.3, -0.25) is 0 Å². The molecule has 2 aromatic rings. The number of nitrogens with zero attached hydrogens (tertiary/aromatic N) is 2. The summed E-state index contributed by atoms with van der Waals surface area (Å²) in [5.74, 6) is 0.430. The highest BCUT2D eigenvalue weighted by Crippen LogP contribution is 2.31. The van der Waals surface area contributed by atoms with Crippen molar-refractivity contribution in [3.8, 4) is 11.4 Å². The summed E-state index contributed by atoms with van der Waals surface area (Å²) < 4.78 is 0.888. The number of benzene rings is 1. The second-order valence-corrected chi connectivity index (χ2v) is 5.62. The molecule has 2 nitrogen and oxygen atoms in total. The van der Waals surface area contributed by atoms with Crippen molar-refractivity contribution in [2.45, 2.75) is 13.3 Å². The fourth-order valence-electron chi connectivity index (χ4n) is 1.51. The Morgan fingerprint density at radius 2 is 1.72 bits per heavy atom. The van der Waals surface area contributed by atoms with Gasteiger partial charge < -0.3 is 0 Å². The summed E-state index contributed by atoms with van der Waals surface area (Å²) in [5, 5.41) is 1.28. The van der Waals surface area contributed by atoms with Crippen molar-refractivity contribution in [3.05, 3.63) is 43.6 Å². The SMILES string of the molecule is CCc1c(Cl)nc(-c2ccc(Br)cc2Cl)nc1Cl. The molecular formula is C12H8BrCl3N2. The fourth-order valence-corrected chi connectivity index (χ4v) is 2.93. The quantitative estimate of drug-likeness (QED) is 0.663. The van der Waals surface area contributed by atoms with E-state index >= 15 is 0 Å². The predicted molar refractivity (Wildman–Crippen MR) is 79.6 cm³/mol. The van der Waals surface area contributed by atoms with Crippen LogP contribution in [0, 0.1) is 0 Å². The first-order valence-electron chi connectivity index (χ1n) is 5.20. The van der Waals surface area contributed by atoms with E-state index in [9.17, 15) is 0 Å². The van der Waals surface area contributed by atoms with Crippen molar-refractivity contribution in [3.63, 3.8) is 0 Å². The maximum absolute atomic E-state index is 6.15. The Hall–Kier alpha value is -0.350. The molecule has 0 saturated heterocycles. The van der Waals surface area contributed by atoms with Crippen LogP contribution in [0.2, 0.25) is 15.3 Å². The fraction of sp³-hybridized carbons (Fsp3) is 0.167. The van der Waals surface area contributed by atoms with Crippen LogP contribution in [0.4, 0.5) is 0 Å². The number of hydrogen-bond acceptors (Lipinski definition) is 2. The number of rotatable bonds is 2. The third-order valence-corrected chi connectivity index (χ3v) is 3.86. The van der Waals surface area contributed by atoms with Crippen LogP contribution in [0.3, 0.4) is 0 Å². The minimum absolute atomic E-state index is 0.367. The van der Waals surface area contributed by atoms with Crippen LogP contribution in [0.5, 0.6) is 0 Å². The zero-order valence-corrected chi connectivity index (χ0v) is 13.2. The van der Waals surface area contributed by atoms with Gasteiger partial charge in [-0.15, -0.1) is 0 Å². The van der Waals surface area contributed by atoms with E-state index in [2.05, 4.69) is 25.9 Å². The maximum atomic E-state index is 6.15.